The predicted octanol–water partition coefficient (Wildman–Crippen LogP) is 4.65. The first-order valence-corrected chi connectivity index (χ1v) is 6.08. The van der Waals surface area contributed by atoms with Crippen LogP contribution in [0.3, 0.4) is 0 Å². The molecule has 0 aliphatic rings. The van der Waals surface area contributed by atoms with Gasteiger partial charge in [-0.25, -0.2) is 0 Å². The van der Waals surface area contributed by atoms with E-state index in [1.165, 1.54) is 6.07 Å². The SMILES string of the molecule is Cc1cc(N)ccc1Nc1cc(C(F)(F)F)ccc1C. The maximum Gasteiger partial charge on any atom is 0.416 e. The van der Waals surface area contributed by atoms with Crippen LogP contribution in [0.15, 0.2) is 36.4 Å². The molecule has 0 atom stereocenters. The van der Waals surface area contributed by atoms with Gasteiger partial charge in [0, 0.05) is 17.1 Å². The van der Waals surface area contributed by atoms with Crippen LogP contribution in [0.2, 0.25) is 0 Å². The molecule has 0 amide bonds. The molecule has 0 radical (unpaired) electrons. The van der Waals surface area contributed by atoms with Gasteiger partial charge in [-0.1, -0.05) is 6.07 Å². The standard InChI is InChI=1S/C15H15F3N2/c1-9-3-4-11(15(16,17)18)8-14(9)20-13-6-5-12(19)7-10(13)2/h3-8,20H,19H2,1-2H3. The van der Waals surface area contributed by atoms with Crippen LogP contribution in [-0.4, -0.2) is 0 Å². The van der Waals surface area contributed by atoms with Gasteiger partial charge in [-0.3, -0.25) is 0 Å². The van der Waals surface area contributed by atoms with Gasteiger partial charge in [0.25, 0.3) is 0 Å². The van der Waals surface area contributed by atoms with E-state index in [9.17, 15) is 13.2 Å². The summed E-state index contributed by atoms with van der Waals surface area (Å²) in [4.78, 5) is 0. The molecule has 20 heavy (non-hydrogen) atoms. The molecule has 0 heterocycles. The van der Waals surface area contributed by atoms with Crippen LogP contribution >= 0.6 is 0 Å². The van der Waals surface area contributed by atoms with Crippen molar-refractivity contribution in [2.45, 2.75) is 20.0 Å². The van der Waals surface area contributed by atoms with Crippen LogP contribution in [0.25, 0.3) is 0 Å². The van der Waals surface area contributed by atoms with Gasteiger partial charge in [-0.05, 0) is 55.3 Å². The maximum atomic E-state index is 12.7. The van der Waals surface area contributed by atoms with E-state index >= 15 is 0 Å². The van der Waals surface area contributed by atoms with Gasteiger partial charge in [0.2, 0.25) is 0 Å². The second kappa shape index (κ2) is 5.07. The van der Waals surface area contributed by atoms with Gasteiger partial charge < -0.3 is 11.1 Å². The highest BCUT2D eigenvalue weighted by Gasteiger charge is 2.30. The Balaban J connectivity index is 2.38. The van der Waals surface area contributed by atoms with Crippen LogP contribution < -0.4 is 11.1 Å². The number of benzene rings is 2. The Bertz CT molecular complexity index is 634. The average molecular weight is 280 g/mol. The van der Waals surface area contributed by atoms with E-state index in [2.05, 4.69) is 5.32 Å². The number of halogens is 3. The van der Waals surface area contributed by atoms with Gasteiger partial charge in [-0.15, -0.1) is 0 Å². The third-order valence-corrected chi connectivity index (χ3v) is 3.08. The molecule has 2 nitrogen and oxygen atoms in total. The Labute approximate surface area is 115 Å². The first-order valence-electron chi connectivity index (χ1n) is 6.08. The van der Waals surface area contributed by atoms with Gasteiger partial charge in [0.15, 0.2) is 0 Å². The van der Waals surface area contributed by atoms with E-state index in [1.807, 2.05) is 6.92 Å². The third-order valence-electron chi connectivity index (χ3n) is 3.08. The quantitative estimate of drug-likeness (QED) is 0.786. The van der Waals surface area contributed by atoms with E-state index in [0.717, 1.165) is 28.9 Å². The molecule has 0 aliphatic heterocycles. The summed E-state index contributed by atoms with van der Waals surface area (Å²) in [6.45, 7) is 3.61. The Kier molecular flexibility index (Phi) is 3.61. The number of nitrogens with one attached hydrogen (secondary N) is 1. The second-order valence-electron chi connectivity index (χ2n) is 4.73. The van der Waals surface area contributed by atoms with Crippen molar-refractivity contribution in [3.63, 3.8) is 0 Å². The summed E-state index contributed by atoms with van der Waals surface area (Å²) in [7, 11) is 0. The minimum absolute atomic E-state index is 0.438. The molecule has 2 rings (SSSR count). The van der Waals surface area contributed by atoms with E-state index < -0.39 is 11.7 Å². The zero-order valence-electron chi connectivity index (χ0n) is 11.2. The molecule has 3 N–H and O–H groups in total. The lowest BCUT2D eigenvalue weighted by molar-refractivity contribution is -0.137. The largest absolute Gasteiger partial charge is 0.416 e. The summed E-state index contributed by atoms with van der Waals surface area (Å²) in [5.74, 6) is 0. The number of rotatable bonds is 2. The molecule has 2 aromatic carbocycles. The molecule has 0 aliphatic carbocycles. The molecule has 0 aromatic heterocycles. The van der Waals surface area contributed by atoms with E-state index in [-0.39, 0.29) is 0 Å². The van der Waals surface area contributed by atoms with Crippen LogP contribution in [0, 0.1) is 13.8 Å². The molecular weight excluding hydrogens is 265 g/mol. The summed E-state index contributed by atoms with van der Waals surface area (Å²) in [5, 5.41) is 3.02. The molecule has 0 saturated carbocycles. The zero-order valence-corrected chi connectivity index (χ0v) is 11.2. The van der Waals surface area contributed by atoms with Crippen molar-refractivity contribution in [3.8, 4) is 0 Å². The summed E-state index contributed by atoms with van der Waals surface area (Å²) in [5.41, 5.74) is 8.40. The highest BCUT2D eigenvalue weighted by atomic mass is 19.4. The van der Waals surface area contributed by atoms with Crippen molar-refractivity contribution in [3.05, 3.63) is 53.1 Å². The van der Waals surface area contributed by atoms with Crippen molar-refractivity contribution in [1.82, 2.24) is 0 Å². The normalized spacial score (nSPS) is 11.4. The Morgan fingerprint density at radius 2 is 1.60 bits per heavy atom. The van der Waals surface area contributed by atoms with Gasteiger partial charge in [0.1, 0.15) is 0 Å². The Morgan fingerprint density at radius 3 is 2.20 bits per heavy atom. The number of hydrogen-bond donors (Lipinski definition) is 2. The summed E-state index contributed by atoms with van der Waals surface area (Å²) in [6.07, 6.45) is -4.35. The van der Waals surface area contributed by atoms with Gasteiger partial charge in [0.05, 0.1) is 5.56 Å². The zero-order chi connectivity index (χ0) is 14.9. The number of nitrogens with two attached hydrogens (primary N) is 1. The lowest BCUT2D eigenvalue weighted by Crippen LogP contribution is -2.06. The predicted molar refractivity (Wildman–Crippen MR) is 75.1 cm³/mol. The summed E-state index contributed by atoms with van der Waals surface area (Å²) >= 11 is 0. The fraction of sp³-hybridized carbons (Fsp3) is 0.200. The number of aryl methyl sites for hydroxylation is 2. The molecule has 0 spiro atoms. The second-order valence-corrected chi connectivity index (χ2v) is 4.73. The summed E-state index contributed by atoms with van der Waals surface area (Å²) < 4.78 is 38.2. The van der Waals surface area contributed by atoms with Crippen LogP contribution in [0.4, 0.5) is 30.2 Å². The van der Waals surface area contributed by atoms with Crippen molar-refractivity contribution < 1.29 is 13.2 Å². The van der Waals surface area contributed by atoms with Crippen molar-refractivity contribution in [2.75, 3.05) is 11.1 Å². The van der Waals surface area contributed by atoms with E-state index in [1.54, 1.807) is 25.1 Å². The number of hydrogen-bond acceptors (Lipinski definition) is 2. The van der Waals surface area contributed by atoms with Crippen LogP contribution in [-0.2, 0) is 6.18 Å². The highest BCUT2D eigenvalue weighted by molar-refractivity contribution is 5.68. The van der Waals surface area contributed by atoms with Crippen molar-refractivity contribution in [2.24, 2.45) is 0 Å². The lowest BCUT2D eigenvalue weighted by atomic mass is 10.1. The molecule has 0 saturated heterocycles. The van der Waals surface area contributed by atoms with Crippen molar-refractivity contribution in [1.29, 1.82) is 0 Å². The number of anilines is 3. The Morgan fingerprint density at radius 1 is 0.900 bits per heavy atom. The van der Waals surface area contributed by atoms with Crippen LogP contribution in [0.1, 0.15) is 16.7 Å². The average Bonchev–Trinajstić information content (AvgIpc) is 2.33. The molecule has 0 unspecified atom stereocenters. The molecule has 0 fully saturated rings. The number of alkyl halides is 3. The minimum Gasteiger partial charge on any atom is -0.399 e. The van der Waals surface area contributed by atoms with E-state index in [0.29, 0.717) is 11.4 Å². The molecule has 0 bridgehead atoms. The smallest absolute Gasteiger partial charge is 0.399 e. The minimum atomic E-state index is -4.35. The first kappa shape index (κ1) is 14.2. The third kappa shape index (κ3) is 3.04. The summed E-state index contributed by atoms with van der Waals surface area (Å²) in [6, 6.07) is 8.88. The fourth-order valence-electron chi connectivity index (χ4n) is 1.91. The monoisotopic (exact) mass is 280 g/mol. The van der Waals surface area contributed by atoms with Gasteiger partial charge >= 0.3 is 6.18 Å². The maximum absolute atomic E-state index is 12.7. The molecule has 2 aromatic rings. The first-order chi connectivity index (χ1) is 9.27. The van der Waals surface area contributed by atoms with Crippen molar-refractivity contribution >= 4 is 17.1 Å². The molecule has 5 heteroatoms. The lowest BCUT2D eigenvalue weighted by Gasteiger charge is -2.15. The topological polar surface area (TPSA) is 38.0 Å². The van der Waals surface area contributed by atoms with Crippen LogP contribution in [0.5, 0.6) is 0 Å². The molecular formula is C15H15F3N2. The Hall–Kier alpha value is -2.17. The van der Waals surface area contributed by atoms with Gasteiger partial charge in [-0.2, -0.15) is 13.2 Å². The molecule has 106 valence electrons. The number of nitrogen functional groups attached to an aromatic ring is 1. The van der Waals surface area contributed by atoms with E-state index in [4.69, 9.17) is 5.73 Å². The fourth-order valence-corrected chi connectivity index (χ4v) is 1.91. The highest BCUT2D eigenvalue weighted by Crippen LogP contribution is 2.33.